The highest BCUT2D eigenvalue weighted by Crippen LogP contribution is 2.53. The van der Waals surface area contributed by atoms with Crippen LogP contribution in [0.15, 0.2) is 36.7 Å². The van der Waals surface area contributed by atoms with E-state index in [4.69, 9.17) is 18.5 Å². The molecule has 8 heteroatoms. The summed E-state index contributed by atoms with van der Waals surface area (Å²) >= 11 is 0. The Kier molecular flexibility index (Phi) is 9.35. The van der Waals surface area contributed by atoms with Gasteiger partial charge in [-0.15, -0.1) is 0 Å². The number of pyridine rings is 1. The van der Waals surface area contributed by atoms with E-state index >= 15 is 0 Å². The summed E-state index contributed by atoms with van der Waals surface area (Å²) in [6.07, 6.45) is 3.11. The van der Waals surface area contributed by atoms with Gasteiger partial charge in [0.15, 0.2) is 11.5 Å². The molecule has 7 nitrogen and oxygen atoms in total. The van der Waals surface area contributed by atoms with E-state index in [1.165, 1.54) is 0 Å². The predicted octanol–water partition coefficient (Wildman–Crippen LogP) is 5.99. The first-order valence-corrected chi connectivity index (χ1v) is 12.3. The molecule has 0 saturated heterocycles. The molecular weight excluding hydrogens is 415 g/mol. The van der Waals surface area contributed by atoms with Gasteiger partial charge >= 0.3 is 7.60 Å². The standard InChI is InChI=1S/C23H35N2O5P/c1-8-28-22-13-19(12-18(6)23(22)27-7)21(25-20-10-9-11-24-14-20)15-31(26,29-16(2)3)30-17(4)5/h9-14,16-17,21,25H,8,15H2,1-7H3. The smallest absolute Gasteiger partial charge is 0.333 e. The topological polar surface area (TPSA) is 78.9 Å². The Morgan fingerprint density at radius 3 is 2.32 bits per heavy atom. The number of benzene rings is 1. The van der Waals surface area contributed by atoms with E-state index in [-0.39, 0.29) is 24.4 Å². The summed E-state index contributed by atoms with van der Waals surface area (Å²) in [6, 6.07) is 7.32. The molecule has 0 amide bonds. The molecule has 1 aromatic heterocycles. The molecule has 1 unspecified atom stereocenters. The minimum absolute atomic E-state index is 0.148. The first-order valence-electron chi connectivity index (χ1n) is 10.6. The Balaban J connectivity index is 2.51. The van der Waals surface area contributed by atoms with Gasteiger partial charge in [-0.1, -0.05) is 6.07 Å². The summed E-state index contributed by atoms with van der Waals surface area (Å²) < 4.78 is 36.6. The summed E-state index contributed by atoms with van der Waals surface area (Å²) in [6.45, 7) is 11.8. The Morgan fingerprint density at radius 2 is 1.81 bits per heavy atom. The Bertz CT molecular complexity index is 860. The summed E-state index contributed by atoms with van der Waals surface area (Å²) in [5.74, 6) is 1.33. The Morgan fingerprint density at radius 1 is 1.13 bits per heavy atom. The van der Waals surface area contributed by atoms with Crippen LogP contribution in [0.3, 0.4) is 0 Å². The number of ether oxygens (including phenoxy) is 2. The van der Waals surface area contributed by atoms with Crippen LogP contribution < -0.4 is 14.8 Å². The number of methoxy groups -OCH3 is 1. The fraction of sp³-hybridized carbons (Fsp3) is 0.522. The monoisotopic (exact) mass is 450 g/mol. The van der Waals surface area contributed by atoms with E-state index in [0.717, 1.165) is 16.8 Å². The van der Waals surface area contributed by atoms with Gasteiger partial charge < -0.3 is 23.8 Å². The van der Waals surface area contributed by atoms with E-state index in [9.17, 15) is 4.57 Å². The summed E-state index contributed by atoms with van der Waals surface area (Å²) in [4.78, 5) is 4.18. The number of nitrogens with one attached hydrogen (secondary N) is 1. The molecular formula is C23H35N2O5P. The van der Waals surface area contributed by atoms with Gasteiger partial charge in [-0.2, -0.15) is 0 Å². The highest BCUT2D eigenvalue weighted by atomic mass is 31.2. The highest BCUT2D eigenvalue weighted by molar-refractivity contribution is 7.53. The second-order valence-electron chi connectivity index (χ2n) is 7.84. The fourth-order valence-corrected chi connectivity index (χ4v) is 5.61. The van der Waals surface area contributed by atoms with Crippen molar-refractivity contribution < 1.29 is 23.1 Å². The van der Waals surface area contributed by atoms with Gasteiger partial charge in [0.2, 0.25) is 0 Å². The lowest BCUT2D eigenvalue weighted by molar-refractivity contribution is 0.142. The molecule has 172 valence electrons. The molecule has 1 atom stereocenters. The number of rotatable bonds is 12. The quantitative estimate of drug-likeness (QED) is 0.398. The maximum absolute atomic E-state index is 13.7. The average Bonchev–Trinajstić information content (AvgIpc) is 2.67. The zero-order valence-electron chi connectivity index (χ0n) is 19.5. The van der Waals surface area contributed by atoms with E-state index in [2.05, 4.69) is 10.3 Å². The third-order valence-corrected chi connectivity index (χ3v) is 6.62. The van der Waals surface area contributed by atoms with Crippen LogP contribution >= 0.6 is 7.60 Å². The lowest BCUT2D eigenvalue weighted by atomic mass is 10.0. The van der Waals surface area contributed by atoms with E-state index in [1.54, 1.807) is 19.5 Å². The van der Waals surface area contributed by atoms with Gasteiger partial charge in [-0.3, -0.25) is 9.55 Å². The summed E-state index contributed by atoms with van der Waals surface area (Å²) in [7, 11) is -1.79. The van der Waals surface area contributed by atoms with Crippen molar-refractivity contribution in [3.05, 3.63) is 47.8 Å². The first kappa shape index (κ1) is 25.2. The van der Waals surface area contributed by atoms with Crippen LogP contribution in [0, 0.1) is 6.92 Å². The number of anilines is 1. The normalized spacial score (nSPS) is 12.8. The van der Waals surface area contributed by atoms with Crippen molar-refractivity contribution in [3.8, 4) is 11.5 Å². The maximum atomic E-state index is 13.7. The molecule has 0 radical (unpaired) electrons. The lowest BCUT2D eigenvalue weighted by Crippen LogP contribution is -2.20. The van der Waals surface area contributed by atoms with Gasteiger partial charge in [0.05, 0.1) is 43.8 Å². The van der Waals surface area contributed by atoms with Gasteiger partial charge in [0, 0.05) is 12.4 Å². The van der Waals surface area contributed by atoms with E-state index < -0.39 is 7.60 Å². The van der Waals surface area contributed by atoms with Gasteiger partial charge in [-0.25, -0.2) is 0 Å². The summed E-state index contributed by atoms with van der Waals surface area (Å²) in [5, 5.41) is 3.44. The van der Waals surface area contributed by atoms with E-state index in [1.807, 2.05) is 65.8 Å². The number of aromatic nitrogens is 1. The molecule has 0 aliphatic carbocycles. The molecule has 0 aliphatic heterocycles. The fourth-order valence-electron chi connectivity index (χ4n) is 3.35. The zero-order chi connectivity index (χ0) is 23.0. The van der Waals surface area contributed by atoms with Crippen LogP contribution in [0.25, 0.3) is 0 Å². The van der Waals surface area contributed by atoms with Crippen molar-refractivity contribution >= 4 is 13.3 Å². The molecule has 31 heavy (non-hydrogen) atoms. The van der Waals surface area contributed by atoms with Crippen molar-refractivity contribution in [1.82, 2.24) is 4.98 Å². The third kappa shape index (κ3) is 7.53. The minimum Gasteiger partial charge on any atom is -0.493 e. The Labute approximate surface area is 186 Å². The van der Waals surface area contributed by atoms with Crippen molar-refractivity contribution in [2.45, 2.75) is 59.8 Å². The molecule has 1 aromatic carbocycles. The SMILES string of the molecule is CCOc1cc(C(CP(=O)(OC(C)C)OC(C)C)Nc2cccnc2)cc(C)c1OC. The second kappa shape index (κ2) is 11.5. The maximum Gasteiger partial charge on any atom is 0.333 e. The van der Waals surface area contributed by atoms with Crippen molar-refractivity contribution in [1.29, 1.82) is 0 Å². The predicted molar refractivity (Wildman–Crippen MR) is 124 cm³/mol. The van der Waals surface area contributed by atoms with Gasteiger partial charge in [0.1, 0.15) is 0 Å². The zero-order valence-corrected chi connectivity index (χ0v) is 20.4. The van der Waals surface area contributed by atoms with Crippen LogP contribution in [0.1, 0.15) is 51.8 Å². The third-order valence-electron chi connectivity index (χ3n) is 4.32. The van der Waals surface area contributed by atoms with Crippen LogP contribution in [0.4, 0.5) is 5.69 Å². The largest absolute Gasteiger partial charge is 0.493 e. The molecule has 1 heterocycles. The molecule has 0 fully saturated rings. The van der Waals surface area contributed by atoms with Gasteiger partial charge in [-0.05, 0) is 70.9 Å². The molecule has 2 aromatic rings. The van der Waals surface area contributed by atoms with E-state index in [0.29, 0.717) is 18.1 Å². The summed E-state index contributed by atoms with van der Waals surface area (Å²) in [5.41, 5.74) is 2.62. The average molecular weight is 451 g/mol. The first-order chi connectivity index (χ1) is 14.7. The molecule has 2 rings (SSSR count). The number of nitrogens with zero attached hydrogens (tertiary/aromatic N) is 1. The molecule has 0 spiro atoms. The molecule has 1 N–H and O–H groups in total. The van der Waals surface area contributed by atoms with Crippen molar-refractivity contribution in [2.24, 2.45) is 0 Å². The molecule has 0 aliphatic rings. The lowest BCUT2D eigenvalue weighted by Gasteiger charge is -2.28. The number of hydrogen-bond donors (Lipinski definition) is 1. The van der Waals surface area contributed by atoms with Crippen LogP contribution in [-0.4, -0.2) is 37.1 Å². The van der Waals surface area contributed by atoms with Gasteiger partial charge in [0.25, 0.3) is 0 Å². The highest BCUT2D eigenvalue weighted by Gasteiger charge is 2.33. The second-order valence-corrected chi connectivity index (χ2v) is 9.85. The number of aryl methyl sites for hydroxylation is 1. The number of hydrogen-bond acceptors (Lipinski definition) is 7. The van der Waals surface area contributed by atoms with Crippen molar-refractivity contribution in [2.75, 3.05) is 25.2 Å². The Hall–Kier alpha value is -2.08. The molecule has 0 bridgehead atoms. The van der Waals surface area contributed by atoms with Crippen LogP contribution in [0.2, 0.25) is 0 Å². The van der Waals surface area contributed by atoms with Crippen molar-refractivity contribution in [3.63, 3.8) is 0 Å². The minimum atomic E-state index is -3.41. The van der Waals surface area contributed by atoms with Crippen LogP contribution in [-0.2, 0) is 13.6 Å². The van der Waals surface area contributed by atoms with Crippen LogP contribution in [0.5, 0.6) is 11.5 Å². The molecule has 0 saturated carbocycles.